The Kier molecular flexibility index (Phi) is 3.32. The van der Waals surface area contributed by atoms with E-state index in [9.17, 15) is 4.79 Å². The fourth-order valence-corrected chi connectivity index (χ4v) is 2.56. The molecule has 1 radical (unpaired) electrons. The van der Waals surface area contributed by atoms with E-state index in [-0.39, 0.29) is 5.78 Å². The van der Waals surface area contributed by atoms with Crippen LogP contribution in [0.15, 0.2) is 48.5 Å². The first kappa shape index (κ1) is 12.0. The van der Waals surface area contributed by atoms with E-state index in [1.54, 1.807) is 0 Å². The van der Waals surface area contributed by atoms with E-state index < -0.39 is 0 Å². The Balaban J connectivity index is 1.98. The van der Waals surface area contributed by atoms with Gasteiger partial charge in [0.15, 0.2) is 5.78 Å². The summed E-state index contributed by atoms with van der Waals surface area (Å²) in [6.45, 7) is 2.05. The van der Waals surface area contributed by atoms with Crippen LogP contribution in [0.2, 0.25) is 0 Å². The van der Waals surface area contributed by atoms with Gasteiger partial charge in [-0.25, -0.2) is 0 Å². The van der Waals surface area contributed by atoms with Crippen LogP contribution in [0.25, 0.3) is 0 Å². The highest BCUT2D eigenvalue weighted by Gasteiger charge is 2.19. The Hall–Kier alpha value is -2.09. The fraction of sp³-hybridized carbons (Fsp3) is 0.235. The van der Waals surface area contributed by atoms with E-state index in [0.717, 1.165) is 29.9 Å². The van der Waals surface area contributed by atoms with Crippen LogP contribution in [0.4, 0.5) is 5.69 Å². The number of hydrogen-bond acceptors (Lipinski definition) is 2. The Morgan fingerprint density at radius 2 is 1.74 bits per heavy atom. The van der Waals surface area contributed by atoms with Crippen molar-refractivity contribution in [3.05, 3.63) is 65.7 Å². The highest BCUT2D eigenvalue weighted by molar-refractivity contribution is 6.12. The molecule has 2 nitrogen and oxygen atoms in total. The third kappa shape index (κ3) is 2.39. The van der Waals surface area contributed by atoms with Crippen molar-refractivity contribution in [1.82, 2.24) is 0 Å². The van der Waals surface area contributed by atoms with Crippen LogP contribution >= 0.6 is 0 Å². The smallest absolute Gasteiger partial charge is 0.195 e. The molecule has 95 valence electrons. The standard InChI is InChI=1S/C17H16NO/c19-17(14-8-2-1-3-9-14)15-10-4-5-11-16(15)18-12-6-7-13-18/h1-5,8-10H,6-7,12-13H2. The summed E-state index contributed by atoms with van der Waals surface area (Å²) < 4.78 is 0. The molecule has 0 amide bonds. The van der Waals surface area contributed by atoms with Gasteiger partial charge in [0.05, 0.1) is 5.69 Å². The minimum atomic E-state index is 0.0827. The van der Waals surface area contributed by atoms with Gasteiger partial charge in [0, 0.05) is 30.3 Å². The number of anilines is 1. The fourth-order valence-electron chi connectivity index (χ4n) is 2.56. The minimum Gasteiger partial charge on any atom is -0.370 e. The van der Waals surface area contributed by atoms with Crippen molar-refractivity contribution in [1.29, 1.82) is 0 Å². The monoisotopic (exact) mass is 250 g/mol. The quantitative estimate of drug-likeness (QED) is 0.779. The molecule has 0 aromatic heterocycles. The Bertz CT molecular complexity index is 571. The van der Waals surface area contributed by atoms with Gasteiger partial charge < -0.3 is 4.90 Å². The van der Waals surface area contributed by atoms with Crippen LogP contribution in [0.1, 0.15) is 28.8 Å². The van der Waals surface area contributed by atoms with Gasteiger partial charge in [0.2, 0.25) is 0 Å². The van der Waals surface area contributed by atoms with E-state index in [2.05, 4.69) is 11.0 Å². The molecule has 0 unspecified atom stereocenters. The summed E-state index contributed by atoms with van der Waals surface area (Å²) in [4.78, 5) is 14.8. The molecule has 1 aliphatic rings. The number of rotatable bonds is 3. The molecule has 1 fully saturated rings. The van der Waals surface area contributed by atoms with Gasteiger partial charge in [-0.2, -0.15) is 0 Å². The van der Waals surface area contributed by atoms with E-state index in [0.29, 0.717) is 0 Å². The van der Waals surface area contributed by atoms with Crippen LogP contribution in [0.3, 0.4) is 0 Å². The van der Waals surface area contributed by atoms with Crippen molar-refractivity contribution in [2.24, 2.45) is 0 Å². The summed E-state index contributed by atoms with van der Waals surface area (Å²) in [5, 5.41) is 0. The third-order valence-electron chi connectivity index (χ3n) is 3.54. The molecule has 0 atom stereocenters. The second-order valence-corrected chi connectivity index (χ2v) is 4.82. The second-order valence-electron chi connectivity index (χ2n) is 4.82. The number of benzene rings is 2. The zero-order valence-corrected chi connectivity index (χ0v) is 10.8. The van der Waals surface area contributed by atoms with Crippen LogP contribution in [0.5, 0.6) is 0 Å². The molecule has 1 heterocycles. The lowest BCUT2D eigenvalue weighted by Crippen LogP contribution is -2.20. The predicted octanol–water partition coefficient (Wildman–Crippen LogP) is 3.32. The Morgan fingerprint density at radius 3 is 2.47 bits per heavy atom. The van der Waals surface area contributed by atoms with Crippen molar-refractivity contribution >= 4 is 11.5 Å². The average Bonchev–Trinajstić information content (AvgIpc) is 3.01. The molecule has 0 bridgehead atoms. The summed E-state index contributed by atoms with van der Waals surface area (Å²) in [7, 11) is 0. The zero-order valence-electron chi connectivity index (χ0n) is 10.8. The van der Waals surface area contributed by atoms with E-state index in [1.165, 1.54) is 12.8 Å². The molecule has 2 aromatic carbocycles. The minimum absolute atomic E-state index is 0.0827. The first-order valence-electron chi connectivity index (χ1n) is 6.71. The van der Waals surface area contributed by atoms with Crippen molar-refractivity contribution in [2.45, 2.75) is 12.8 Å². The van der Waals surface area contributed by atoms with Gasteiger partial charge in [-0.1, -0.05) is 42.5 Å². The molecule has 3 rings (SSSR count). The molecule has 0 N–H and O–H groups in total. The first-order chi connectivity index (χ1) is 9.36. The largest absolute Gasteiger partial charge is 0.370 e. The van der Waals surface area contributed by atoms with Crippen molar-refractivity contribution in [3.8, 4) is 0 Å². The second kappa shape index (κ2) is 5.27. The Labute approximate surface area is 113 Å². The molecular formula is C17H16NO. The van der Waals surface area contributed by atoms with Crippen LogP contribution in [0, 0.1) is 6.07 Å². The lowest BCUT2D eigenvalue weighted by molar-refractivity contribution is 0.103. The summed E-state index contributed by atoms with van der Waals surface area (Å²) in [6, 6.07) is 18.4. The molecule has 0 spiro atoms. The highest BCUT2D eigenvalue weighted by atomic mass is 16.1. The first-order valence-corrected chi connectivity index (χ1v) is 6.71. The lowest BCUT2D eigenvalue weighted by atomic mass is 10.0. The summed E-state index contributed by atoms with van der Waals surface area (Å²) in [5.74, 6) is 0.0827. The maximum atomic E-state index is 12.6. The summed E-state index contributed by atoms with van der Waals surface area (Å²) >= 11 is 0. The summed E-state index contributed by atoms with van der Waals surface area (Å²) in [5.41, 5.74) is 2.45. The SMILES string of the molecule is O=C(c1ccccc1)c1ccc[c]c1N1CCCC1. The molecule has 0 saturated carbocycles. The van der Waals surface area contributed by atoms with Crippen molar-refractivity contribution in [3.63, 3.8) is 0 Å². The Morgan fingerprint density at radius 1 is 1.00 bits per heavy atom. The maximum Gasteiger partial charge on any atom is 0.195 e. The highest BCUT2D eigenvalue weighted by Crippen LogP contribution is 2.25. The van der Waals surface area contributed by atoms with E-state index in [1.807, 2.05) is 48.5 Å². The predicted molar refractivity (Wildman–Crippen MR) is 76.6 cm³/mol. The zero-order chi connectivity index (χ0) is 13.1. The molecule has 2 heteroatoms. The van der Waals surface area contributed by atoms with Gasteiger partial charge in [-0.3, -0.25) is 4.79 Å². The number of nitrogens with zero attached hydrogens (tertiary/aromatic N) is 1. The molecule has 1 aliphatic heterocycles. The number of hydrogen-bond donors (Lipinski definition) is 0. The average molecular weight is 250 g/mol. The number of ketones is 1. The van der Waals surface area contributed by atoms with E-state index >= 15 is 0 Å². The van der Waals surface area contributed by atoms with E-state index in [4.69, 9.17) is 0 Å². The van der Waals surface area contributed by atoms with Crippen molar-refractivity contribution < 1.29 is 4.79 Å². The van der Waals surface area contributed by atoms with Crippen LogP contribution in [-0.2, 0) is 0 Å². The normalized spacial score (nSPS) is 14.6. The van der Waals surface area contributed by atoms with Gasteiger partial charge in [-0.15, -0.1) is 0 Å². The van der Waals surface area contributed by atoms with Gasteiger partial charge >= 0.3 is 0 Å². The molecule has 19 heavy (non-hydrogen) atoms. The van der Waals surface area contributed by atoms with Crippen LogP contribution < -0.4 is 4.90 Å². The van der Waals surface area contributed by atoms with Crippen molar-refractivity contribution in [2.75, 3.05) is 18.0 Å². The lowest BCUT2D eigenvalue weighted by Gasteiger charge is -2.20. The molecule has 2 aromatic rings. The van der Waals surface area contributed by atoms with Gasteiger partial charge in [-0.05, 0) is 18.9 Å². The summed E-state index contributed by atoms with van der Waals surface area (Å²) in [6.07, 6.45) is 2.39. The van der Waals surface area contributed by atoms with Gasteiger partial charge in [0.1, 0.15) is 0 Å². The maximum absolute atomic E-state index is 12.6. The number of para-hydroxylation sites is 1. The molecule has 0 aliphatic carbocycles. The molecular weight excluding hydrogens is 234 g/mol. The van der Waals surface area contributed by atoms with Gasteiger partial charge in [0.25, 0.3) is 0 Å². The third-order valence-corrected chi connectivity index (χ3v) is 3.54. The number of carbonyl (C=O) groups excluding carboxylic acids is 1. The molecule has 1 saturated heterocycles. The topological polar surface area (TPSA) is 20.3 Å². The number of carbonyl (C=O) groups is 1. The van der Waals surface area contributed by atoms with Crippen LogP contribution in [-0.4, -0.2) is 18.9 Å².